The smallest absolute Gasteiger partial charge is 0.135 e. The van der Waals surface area contributed by atoms with E-state index in [0.717, 1.165) is 22.6 Å². The van der Waals surface area contributed by atoms with Gasteiger partial charge >= 0.3 is 0 Å². The maximum atomic E-state index is 14.3. The van der Waals surface area contributed by atoms with Crippen molar-refractivity contribution in [2.24, 2.45) is 0 Å². The van der Waals surface area contributed by atoms with Crippen LogP contribution in [-0.2, 0) is 17.9 Å². The lowest BCUT2D eigenvalue weighted by atomic mass is 10.0. The van der Waals surface area contributed by atoms with Crippen molar-refractivity contribution in [3.63, 3.8) is 0 Å². The van der Waals surface area contributed by atoms with Crippen LogP contribution in [-0.4, -0.2) is 26.4 Å². The predicted molar refractivity (Wildman–Crippen MR) is 78.3 cm³/mol. The first-order valence-electron chi connectivity index (χ1n) is 7.02. The highest BCUT2D eigenvalue weighted by Gasteiger charge is 2.18. The van der Waals surface area contributed by atoms with E-state index in [9.17, 15) is 4.39 Å². The van der Waals surface area contributed by atoms with Crippen LogP contribution >= 0.6 is 0 Å². The van der Waals surface area contributed by atoms with Crippen LogP contribution in [0.1, 0.15) is 5.82 Å². The molecule has 22 heavy (non-hydrogen) atoms. The molecular formula is C16H13FN4O. The van der Waals surface area contributed by atoms with E-state index in [1.54, 1.807) is 24.7 Å². The minimum absolute atomic E-state index is 0.264. The van der Waals surface area contributed by atoms with Crippen LogP contribution in [0.25, 0.3) is 22.4 Å². The zero-order valence-corrected chi connectivity index (χ0v) is 11.7. The van der Waals surface area contributed by atoms with Crippen LogP contribution in [0.5, 0.6) is 0 Å². The summed E-state index contributed by atoms with van der Waals surface area (Å²) in [5.74, 6) is 0.566. The summed E-state index contributed by atoms with van der Waals surface area (Å²) >= 11 is 0. The summed E-state index contributed by atoms with van der Waals surface area (Å²) in [5, 5.41) is 7.63. The van der Waals surface area contributed by atoms with Gasteiger partial charge in [0, 0.05) is 17.7 Å². The first-order chi connectivity index (χ1) is 10.8. The first-order valence-corrected chi connectivity index (χ1v) is 7.02. The van der Waals surface area contributed by atoms with Crippen molar-refractivity contribution in [3.05, 3.63) is 54.5 Å². The molecule has 0 atom stereocenters. The third-order valence-corrected chi connectivity index (χ3v) is 3.79. The van der Waals surface area contributed by atoms with Crippen molar-refractivity contribution in [2.75, 3.05) is 6.61 Å². The summed E-state index contributed by atoms with van der Waals surface area (Å²) in [7, 11) is 0. The third-order valence-electron chi connectivity index (χ3n) is 3.79. The van der Waals surface area contributed by atoms with Gasteiger partial charge in [-0.25, -0.2) is 9.37 Å². The molecule has 0 bridgehead atoms. The lowest BCUT2D eigenvalue weighted by Gasteiger charge is -2.17. The number of fused-ring (bicyclic) bond motifs is 1. The molecule has 1 aliphatic heterocycles. The molecule has 1 aromatic carbocycles. The average Bonchev–Trinajstić information content (AvgIpc) is 3.00. The summed E-state index contributed by atoms with van der Waals surface area (Å²) < 4.78 is 21.7. The monoisotopic (exact) mass is 296 g/mol. The molecule has 3 heterocycles. The van der Waals surface area contributed by atoms with Gasteiger partial charge in [-0.1, -0.05) is 6.07 Å². The van der Waals surface area contributed by atoms with Crippen LogP contribution in [0.4, 0.5) is 4.39 Å². The van der Waals surface area contributed by atoms with E-state index in [1.807, 2.05) is 16.7 Å². The molecule has 0 radical (unpaired) electrons. The van der Waals surface area contributed by atoms with Crippen molar-refractivity contribution >= 4 is 0 Å². The van der Waals surface area contributed by atoms with Gasteiger partial charge in [-0.3, -0.25) is 0 Å². The maximum Gasteiger partial charge on any atom is 0.135 e. The molecule has 0 N–H and O–H groups in total. The van der Waals surface area contributed by atoms with E-state index in [-0.39, 0.29) is 5.82 Å². The maximum absolute atomic E-state index is 14.3. The first kappa shape index (κ1) is 13.1. The van der Waals surface area contributed by atoms with Crippen molar-refractivity contribution < 1.29 is 9.13 Å². The lowest BCUT2D eigenvalue weighted by molar-refractivity contribution is 0.0821. The average molecular weight is 296 g/mol. The third kappa shape index (κ3) is 2.17. The molecular weight excluding hydrogens is 283 g/mol. The molecule has 0 spiro atoms. The number of hydrogen-bond acceptors (Lipinski definition) is 4. The predicted octanol–water partition coefficient (Wildman–Crippen LogP) is 2.68. The molecule has 3 aromatic rings. The fourth-order valence-corrected chi connectivity index (χ4v) is 2.68. The van der Waals surface area contributed by atoms with E-state index in [0.29, 0.717) is 25.3 Å². The minimum Gasteiger partial charge on any atom is -0.372 e. The topological polar surface area (TPSA) is 52.8 Å². The van der Waals surface area contributed by atoms with Crippen LogP contribution in [0.15, 0.2) is 42.9 Å². The fraction of sp³-hybridized carbons (Fsp3) is 0.188. The van der Waals surface area contributed by atoms with Crippen molar-refractivity contribution in [1.82, 2.24) is 19.7 Å². The van der Waals surface area contributed by atoms with Crippen molar-refractivity contribution in [3.8, 4) is 22.4 Å². The molecule has 1 aliphatic rings. The van der Waals surface area contributed by atoms with E-state index in [1.165, 1.54) is 6.07 Å². The largest absolute Gasteiger partial charge is 0.372 e. The highest BCUT2D eigenvalue weighted by atomic mass is 19.1. The Bertz CT molecular complexity index is 816. The number of nitrogens with zero attached hydrogens (tertiary/aromatic N) is 4. The van der Waals surface area contributed by atoms with E-state index in [2.05, 4.69) is 15.2 Å². The quantitative estimate of drug-likeness (QED) is 0.729. The Morgan fingerprint density at radius 3 is 2.91 bits per heavy atom. The number of benzene rings is 1. The molecule has 5 nitrogen and oxygen atoms in total. The number of hydrogen-bond donors (Lipinski definition) is 0. The highest BCUT2D eigenvalue weighted by molar-refractivity contribution is 5.71. The number of ether oxygens (including phenoxy) is 1. The molecule has 110 valence electrons. The number of aromatic nitrogens is 4. The van der Waals surface area contributed by atoms with Gasteiger partial charge in [0.15, 0.2) is 0 Å². The van der Waals surface area contributed by atoms with Crippen molar-refractivity contribution in [1.29, 1.82) is 0 Å². The summed E-state index contributed by atoms with van der Waals surface area (Å²) in [6, 6.07) is 6.90. The Morgan fingerprint density at radius 1 is 1.09 bits per heavy atom. The molecule has 0 aliphatic carbocycles. The van der Waals surface area contributed by atoms with E-state index < -0.39 is 0 Å². The number of halogens is 1. The van der Waals surface area contributed by atoms with Gasteiger partial charge in [0.1, 0.15) is 18.2 Å². The summed E-state index contributed by atoms with van der Waals surface area (Å²) in [4.78, 5) is 4.33. The highest BCUT2D eigenvalue weighted by Crippen LogP contribution is 2.30. The van der Waals surface area contributed by atoms with E-state index in [4.69, 9.17) is 4.74 Å². The van der Waals surface area contributed by atoms with Gasteiger partial charge < -0.3 is 9.30 Å². The van der Waals surface area contributed by atoms with E-state index >= 15 is 0 Å². The van der Waals surface area contributed by atoms with Crippen LogP contribution < -0.4 is 0 Å². The lowest BCUT2D eigenvalue weighted by Crippen LogP contribution is -2.17. The zero-order chi connectivity index (χ0) is 14.9. The van der Waals surface area contributed by atoms with Gasteiger partial charge in [0.05, 0.1) is 30.9 Å². The Labute approximate surface area is 126 Å². The summed E-state index contributed by atoms with van der Waals surface area (Å²) in [6.07, 6.45) is 4.99. The van der Waals surface area contributed by atoms with Crippen molar-refractivity contribution in [2.45, 2.75) is 13.2 Å². The molecule has 0 unspecified atom stereocenters. The second-order valence-electron chi connectivity index (χ2n) is 5.09. The molecule has 0 saturated carbocycles. The number of imidazole rings is 1. The molecule has 4 rings (SSSR count). The zero-order valence-electron chi connectivity index (χ0n) is 11.7. The standard InChI is InChI=1S/C16H13FN4O/c17-14-2-1-11(12-3-4-19-20-8-12)7-13(14)15-9-18-16-10-22-6-5-21(15)16/h1-4,7-9H,5-6,10H2. The summed E-state index contributed by atoms with van der Waals surface area (Å²) in [6.45, 7) is 1.77. The van der Waals surface area contributed by atoms with Gasteiger partial charge in [-0.05, 0) is 23.8 Å². The Morgan fingerprint density at radius 2 is 2.05 bits per heavy atom. The SMILES string of the molecule is Fc1ccc(-c2ccnnc2)cc1-c1cnc2n1CCOC2. The van der Waals surface area contributed by atoms with Crippen LogP contribution in [0, 0.1) is 5.82 Å². The fourth-order valence-electron chi connectivity index (χ4n) is 2.68. The molecule has 2 aromatic heterocycles. The minimum atomic E-state index is -0.264. The second-order valence-corrected chi connectivity index (χ2v) is 5.09. The van der Waals surface area contributed by atoms with Gasteiger partial charge in [0.25, 0.3) is 0 Å². The Hall–Kier alpha value is -2.60. The second kappa shape index (κ2) is 5.31. The normalized spacial score (nSPS) is 13.9. The summed E-state index contributed by atoms with van der Waals surface area (Å²) in [5.41, 5.74) is 3.11. The van der Waals surface area contributed by atoms with Gasteiger partial charge in [-0.15, -0.1) is 0 Å². The van der Waals surface area contributed by atoms with Gasteiger partial charge in [-0.2, -0.15) is 10.2 Å². The van der Waals surface area contributed by atoms with Gasteiger partial charge in [0.2, 0.25) is 0 Å². The van der Waals surface area contributed by atoms with Crippen LogP contribution in [0.3, 0.4) is 0 Å². The number of rotatable bonds is 2. The van der Waals surface area contributed by atoms with Crippen LogP contribution in [0.2, 0.25) is 0 Å². The molecule has 6 heteroatoms. The Balaban J connectivity index is 1.83. The Kier molecular flexibility index (Phi) is 3.16. The molecule has 0 saturated heterocycles. The molecule has 0 fully saturated rings. The molecule has 0 amide bonds.